The molecule has 0 spiro atoms. The van der Waals surface area contributed by atoms with Crippen LogP contribution in [0.25, 0.3) is 10.9 Å². The quantitative estimate of drug-likeness (QED) is 0.453. The van der Waals surface area contributed by atoms with Crippen LogP contribution in [0.5, 0.6) is 0 Å². The zero-order chi connectivity index (χ0) is 23.1. The molecule has 1 amide bonds. The molecule has 2 aromatic heterocycles. The number of aromatic nitrogens is 2. The number of fused-ring (bicyclic) bond motifs is 2. The molecular weight excluding hydrogens is 418 g/mol. The van der Waals surface area contributed by atoms with E-state index in [2.05, 4.69) is 15.2 Å². The molecule has 2 aliphatic rings. The molecule has 2 fully saturated rings. The standard InChI is InChI=1S/C25H29N5O3/c1-27-24(32)19-9-16(23(31)10-18-20-13-29(8-6-26)14-21(18)20)12-30(25(19)33)11-15-3-2-4-22-17(15)5-7-28-22/h2-5,7,9,12,18,20-21,28H,6,8,10-11,13-14,26H2,1H3,(H,27,32)/t18?,20-,21+. The van der Waals surface area contributed by atoms with Gasteiger partial charge in [0.1, 0.15) is 5.56 Å². The van der Waals surface area contributed by atoms with Gasteiger partial charge in [-0.25, -0.2) is 0 Å². The number of benzene rings is 1. The largest absolute Gasteiger partial charge is 0.361 e. The van der Waals surface area contributed by atoms with Gasteiger partial charge in [0.15, 0.2) is 5.78 Å². The maximum Gasteiger partial charge on any atom is 0.263 e. The summed E-state index contributed by atoms with van der Waals surface area (Å²) in [5.41, 5.74) is 7.58. The highest BCUT2D eigenvalue weighted by Crippen LogP contribution is 2.53. The van der Waals surface area contributed by atoms with Crippen LogP contribution in [0.3, 0.4) is 0 Å². The Kier molecular flexibility index (Phi) is 5.64. The fraction of sp³-hybridized carbons (Fsp3) is 0.400. The molecule has 3 aromatic rings. The number of ketones is 1. The monoisotopic (exact) mass is 447 g/mol. The molecule has 1 saturated heterocycles. The van der Waals surface area contributed by atoms with Gasteiger partial charge in [0.25, 0.3) is 11.5 Å². The van der Waals surface area contributed by atoms with E-state index in [1.54, 1.807) is 6.20 Å². The summed E-state index contributed by atoms with van der Waals surface area (Å²) in [6.45, 7) is 3.85. The summed E-state index contributed by atoms with van der Waals surface area (Å²) in [6, 6.07) is 9.27. The summed E-state index contributed by atoms with van der Waals surface area (Å²) in [5, 5.41) is 3.53. The minimum atomic E-state index is -0.482. The third-order valence-electron chi connectivity index (χ3n) is 7.22. The van der Waals surface area contributed by atoms with Crippen molar-refractivity contribution in [3.05, 3.63) is 69.8 Å². The van der Waals surface area contributed by atoms with E-state index in [4.69, 9.17) is 5.73 Å². The Labute approximate surface area is 191 Å². The molecule has 1 aliphatic carbocycles. The first-order valence-corrected chi connectivity index (χ1v) is 11.5. The first-order valence-electron chi connectivity index (χ1n) is 11.5. The van der Waals surface area contributed by atoms with E-state index in [1.165, 1.54) is 17.7 Å². The lowest BCUT2D eigenvalue weighted by atomic mass is 10.0. The predicted molar refractivity (Wildman–Crippen MR) is 126 cm³/mol. The number of H-pyrrole nitrogens is 1. The number of hydrogen-bond donors (Lipinski definition) is 3. The van der Waals surface area contributed by atoms with Crippen LogP contribution < -0.4 is 16.6 Å². The van der Waals surface area contributed by atoms with E-state index < -0.39 is 11.5 Å². The molecule has 1 aliphatic heterocycles. The highest BCUT2D eigenvalue weighted by atomic mass is 16.2. The lowest BCUT2D eigenvalue weighted by Crippen LogP contribution is -2.32. The number of nitrogens with zero attached hydrogens (tertiary/aromatic N) is 2. The van der Waals surface area contributed by atoms with E-state index in [1.807, 2.05) is 30.5 Å². The first-order chi connectivity index (χ1) is 16.0. The van der Waals surface area contributed by atoms with E-state index in [0.29, 0.717) is 36.3 Å². The third kappa shape index (κ3) is 4.00. The molecular formula is C25H29N5O3. The van der Waals surface area contributed by atoms with Crippen LogP contribution in [0.2, 0.25) is 0 Å². The van der Waals surface area contributed by atoms with Gasteiger partial charge in [0.2, 0.25) is 0 Å². The van der Waals surface area contributed by atoms with Gasteiger partial charge in [0, 0.05) is 68.5 Å². The van der Waals surface area contributed by atoms with Crippen LogP contribution >= 0.6 is 0 Å². The first kappa shape index (κ1) is 21.6. The number of rotatable bonds is 8. The average molecular weight is 448 g/mol. The summed E-state index contributed by atoms with van der Waals surface area (Å²) in [5.74, 6) is 0.985. The van der Waals surface area contributed by atoms with E-state index in [9.17, 15) is 14.4 Å². The Morgan fingerprint density at radius 3 is 2.73 bits per heavy atom. The number of carbonyl (C=O) groups excluding carboxylic acids is 2. The second kappa shape index (κ2) is 8.61. The molecule has 4 N–H and O–H groups in total. The third-order valence-corrected chi connectivity index (χ3v) is 7.22. The second-order valence-electron chi connectivity index (χ2n) is 9.18. The van der Waals surface area contributed by atoms with Crippen molar-refractivity contribution in [2.45, 2.75) is 13.0 Å². The van der Waals surface area contributed by atoms with Gasteiger partial charge >= 0.3 is 0 Å². The summed E-state index contributed by atoms with van der Waals surface area (Å²) in [7, 11) is 1.49. The molecule has 172 valence electrons. The van der Waals surface area contributed by atoms with Gasteiger partial charge in [-0.1, -0.05) is 12.1 Å². The number of aromatic amines is 1. The minimum Gasteiger partial charge on any atom is -0.361 e. The topological polar surface area (TPSA) is 113 Å². The van der Waals surface area contributed by atoms with Gasteiger partial charge in [-0.3, -0.25) is 14.4 Å². The van der Waals surface area contributed by atoms with Crippen LogP contribution in [0.1, 0.15) is 32.7 Å². The Morgan fingerprint density at radius 1 is 1.21 bits per heavy atom. The van der Waals surface area contributed by atoms with Crippen LogP contribution in [0.4, 0.5) is 0 Å². The summed E-state index contributed by atoms with van der Waals surface area (Å²) in [6.07, 6.45) is 3.92. The molecule has 3 atom stereocenters. The predicted octanol–water partition coefficient (Wildman–Crippen LogP) is 1.45. The highest BCUT2D eigenvalue weighted by Gasteiger charge is 2.55. The number of hydrogen-bond acceptors (Lipinski definition) is 5. The van der Waals surface area contributed by atoms with Crippen molar-refractivity contribution >= 4 is 22.6 Å². The minimum absolute atomic E-state index is 0.00490. The lowest BCUT2D eigenvalue weighted by Gasteiger charge is -2.18. The molecule has 0 bridgehead atoms. The number of nitrogens with two attached hydrogens (primary N) is 1. The number of piperidine rings is 1. The zero-order valence-corrected chi connectivity index (χ0v) is 18.7. The van der Waals surface area contributed by atoms with Crippen molar-refractivity contribution in [2.75, 3.05) is 33.2 Å². The van der Waals surface area contributed by atoms with Crippen molar-refractivity contribution in [3.63, 3.8) is 0 Å². The number of carbonyl (C=O) groups is 2. The van der Waals surface area contributed by atoms with Crippen molar-refractivity contribution < 1.29 is 9.59 Å². The molecule has 1 saturated carbocycles. The molecule has 3 heterocycles. The molecule has 8 heteroatoms. The maximum absolute atomic E-state index is 13.2. The Hall–Kier alpha value is -3.23. The summed E-state index contributed by atoms with van der Waals surface area (Å²) >= 11 is 0. The summed E-state index contributed by atoms with van der Waals surface area (Å²) in [4.78, 5) is 44.2. The number of amides is 1. The van der Waals surface area contributed by atoms with Crippen LogP contribution in [0, 0.1) is 17.8 Å². The van der Waals surface area contributed by atoms with Crippen LogP contribution in [-0.4, -0.2) is 59.4 Å². The molecule has 8 nitrogen and oxygen atoms in total. The average Bonchev–Trinajstić information content (AvgIpc) is 3.18. The zero-order valence-electron chi connectivity index (χ0n) is 18.7. The summed E-state index contributed by atoms with van der Waals surface area (Å²) < 4.78 is 1.48. The van der Waals surface area contributed by atoms with Gasteiger partial charge in [0.05, 0.1) is 6.54 Å². The van der Waals surface area contributed by atoms with E-state index >= 15 is 0 Å². The van der Waals surface area contributed by atoms with Crippen molar-refractivity contribution in [3.8, 4) is 0 Å². The fourth-order valence-electron chi connectivity index (χ4n) is 5.41. The van der Waals surface area contributed by atoms with Gasteiger partial charge in [-0.05, 0) is 41.5 Å². The van der Waals surface area contributed by atoms with Crippen LogP contribution in [-0.2, 0) is 6.54 Å². The number of Topliss-reactive ketones (excluding diaryl/α,β-unsaturated/α-hetero) is 1. The Bertz CT molecular complexity index is 1260. The lowest BCUT2D eigenvalue weighted by molar-refractivity contribution is 0.0961. The van der Waals surface area contributed by atoms with Crippen molar-refractivity contribution in [1.82, 2.24) is 19.8 Å². The molecule has 0 radical (unpaired) electrons. The fourth-order valence-corrected chi connectivity index (χ4v) is 5.41. The normalized spacial score (nSPS) is 21.8. The highest BCUT2D eigenvalue weighted by molar-refractivity contribution is 6.00. The van der Waals surface area contributed by atoms with Crippen molar-refractivity contribution in [1.29, 1.82) is 0 Å². The Morgan fingerprint density at radius 2 is 2.00 bits per heavy atom. The van der Waals surface area contributed by atoms with Crippen molar-refractivity contribution in [2.24, 2.45) is 23.5 Å². The number of pyridine rings is 1. The second-order valence-corrected chi connectivity index (χ2v) is 9.18. The number of nitrogens with one attached hydrogen (secondary N) is 2. The smallest absolute Gasteiger partial charge is 0.263 e. The van der Waals surface area contributed by atoms with E-state index in [0.717, 1.165) is 36.1 Å². The van der Waals surface area contributed by atoms with Gasteiger partial charge < -0.3 is 25.5 Å². The van der Waals surface area contributed by atoms with Gasteiger partial charge in [-0.2, -0.15) is 0 Å². The Balaban J connectivity index is 1.41. The van der Waals surface area contributed by atoms with E-state index in [-0.39, 0.29) is 17.9 Å². The maximum atomic E-state index is 13.2. The molecule has 33 heavy (non-hydrogen) atoms. The SMILES string of the molecule is CNC(=O)c1cc(C(=O)CC2[C@H]3CN(CCN)C[C@@H]23)cn(Cc2cccc3[nH]ccc23)c1=O. The molecule has 1 unspecified atom stereocenters. The molecule has 5 rings (SSSR count). The molecule has 1 aromatic carbocycles. The number of likely N-dealkylation sites (tertiary alicyclic amines) is 1. The van der Waals surface area contributed by atoms with Crippen LogP contribution in [0.15, 0.2) is 47.5 Å². The van der Waals surface area contributed by atoms with Gasteiger partial charge in [-0.15, -0.1) is 0 Å².